The molecule has 1 aliphatic heterocycles. The van der Waals surface area contributed by atoms with Crippen LogP contribution in [0.1, 0.15) is 20.3 Å². The van der Waals surface area contributed by atoms with Crippen molar-refractivity contribution in [3.8, 4) is 0 Å². The summed E-state index contributed by atoms with van der Waals surface area (Å²) in [6.45, 7) is 3.33. The fourth-order valence-electron chi connectivity index (χ4n) is 1.55. The smallest absolute Gasteiger partial charge is 0.109 e. The Kier molecular flexibility index (Phi) is 4.97. The van der Waals surface area contributed by atoms with Crippen LogP contribution in [-0.2, 0) is 18.6 Å². The molecule has 1 saturated heterocycles. The van der Waals surface area contributed by atoms with Crippen molar-refractivity contribution in [2.24, 2.45) is 0 Å². The summed E-state index contributed by atoms with van der Waals surface area (Å²) in [5.74, 6) is 0. The number of hydrogen-bond acceptors (Lipinski definition) is 6. The SMILES string of the molecule is [B]C1CC(OC(C)C)C(COP(=O)([O-])[O-])O1. The molecule has 6 nitrogen and oxygen atoms in total. The van der Waals surface area contributed by atoms with Gasteiger partial charge in [0.15, 0.2) is 0 Å². The first kappa shape index (κ1) is 14.2. The third kappa shape index (κ3) is 4.95. The number of phosphoric ester groups is 1. The van der Waals surface area contributed by atoms with Crippen LogP contribution in [-0.4, -0.2) is 38.8 Å². The van der Waals surface area contributed by atoms with Gasteiger partial charge in [-0.05, 0) is 20.3 Å². The molecule has 0 aliphatic carbocycles. The van der Waals surface area contributed by atoms with E-state index in [4.69, 9.17) is 17.3 Å². The lowest BCUT2D eigenvalue weighted by Crippen LogP contribution is -2.32. The number of hydrogen-bond donors (Lipinski definition) is 0. The zero-order chi connectivity index (χ0) is 12.3. The summed E-state index contributed by atoms with van der Waals surface area (Å²) in [5, 5.41) is 0. The highest BCUT2D eigenvalue weighted by molar-refractivity contribution is 7.43. The molecule has 2 radical (unpaired) electrons. The van der Waals surface area contributed by atoms with Crippen LogP contribution in [0.4, 0.5) is 0 Å². The van der Waals surface area contributed by atoms with E-state index >= 15 is 0 Å². The normalized spacial score (nSPS) is 31.2. The number of ether oxygens (including phenoxy) is 2. The molecular weight excluding hydrogens is 234 g/mol. The van der Waals surface area contributed by atoms with E-state index in [1.807, 2.05) is 13.8 Å². The molecule has 0 aromatic carbocycles. The fraction of sp³-hybridized carbons (Fsp3) is 1.00. The molecule has 1 fully saturated rings. The quantitative estimate of drug-likeness (QED) is 0.453. The highest BCUT2D eigenvalue weighted by Crippen LogP contribution is 2.29. The zero-order valence-electron chi connectivity index (χ0n) is 9.20. The summed E-state index contributed by atoms with van der Waals surface area (Å²) < 4.78 is 25.2. The first-order chi connectivity index (χ1) is 7.28. The fourth-order valence-corrected chi connectivity index (χ4v) is 1.88. The molecule has 1 rings (SSSR count). The van der Waals surface area contributed by atoms with Gasteiger partial charge in [-0.1, -0.05) is 0 Å². The van der Waals surface area contributed by atoms with E-state index in [1.54, 1.807) is 0 Å². The summed E-state index contributed by atoms with van der Waals surface area (Å²) in [6.07, 6.45) is -0.545. The minimum absolute atomic E-state index is 0.0345. The molecule has 3 atom stereocenters. The number of phosphoric acid groups is 1. The van der Waals surface area contributed by atoms with Gasteiger partial charge in [0.25, 0.3) is 0 Å². The molecule has 8 heteroatoms. The lowest BCUT2D eigenvalue weighted by molar-refractivity contribution is -0.343. The predicted molar refractivity (Wildman–Crippen MR) is 52.6 cm³/mol. The molecule has 1 aliphatic rings. The summed E-state index contributed by atoms with van der Waals surface area (Å²) in [6, 6.07) is -0.518. The topological polar surface area (TPSA) is 90.9 Å². The Hall–Kier alpha value is 0.0949. The minimum atomic E-state index is -4.98. The molecule has 1 heterocycles. The van der Waals surface area contributed by atoms with Crippen molar-refractivity contribution in [1.82, 2.24) is 0 Å². The van der Waals surface area contributed by atoms with Crippen LogP contribution >= 0.6 is 7.82 Å². The Morgan fingerprint density at radius 2 is 2.19 bits per heavy atom. The Morgan fingerprint density at radius 1 is 1.56 bits per heavy atom. The van der Waals surface area contributed by atoms with Gasteiger partial charge in [-0.2, -0.15) is 0 Å². The van der Waals surface area contributed by atoms with Gasteiger partial charge in [-0.3, -0.25) is 0 Å². The van der Waals surface area contributed by atoms with E-state index in [2.05, 4.69) is 4.52 Å². The molecule has 3 unspecified atom stereocenters. The highest BCUT2D eigenvalue weighted by atomic mass is 31.2. The maximum atomic E-state index is 10.3. The highest BCUT2D eigenvalue weighted by Gasteiger charge is 2.34. The van der Waals surface area contributed by atoms with Crippen LogP contribution in [0.5, 0.6) is 0 Å². The van der Waals surface area contributed by atoms with Gasteiger partial charge < -0.3 is 28.3 Å². The monoisotopic (exact) mass is 248 g/mol. The molecule has 0 N–H and O–H groups in total. The van der Waals surface area contributed by atoms with Crippen molar-refractivity contribution in [2.75, 3.05) is 6.61 Å². The van der Waals surface area contributed by atoms with Gasteiger partial charge in [0.2, 0.25) is 0 Å². The molecule has 0 spiro atoms. The van der Waals surface area contributed by atoms with Crippen LogP contribution in [0.25, 0.3) is 0 Å². The standard InChI is InChI=1S/C8H16BO6P/c1-5(2)14-6-3-8(9)15-7(6)4-13-16(10,11)12/h5-8H,3-4H2,1-2H3,(H2,10,11,12)/p-2. The molecule has 92 valence electrons. The van der Waals surface area contributed by atoms with E-state index in [1.165, 1.54) is 0 Å². The molecule has 0 amide bonds. The zero-order valence-corrected chi connectivity index (χ0v) is 10.1. The second-order valence-electron chi connectivity index (χ2n) is 3.91. The largest absolute Gasteiger partial charge is 0.790 e. The van der Waals surface area contributed by atoms with E-state index in [0.717, 1.165) is 0 Å². The maximum absolute atomic E-state index is 10.3. The van der Waals surface area contributed by atoms with Crippen LogP contribution in [0.3, 0.4) is 0 Å². The van der Waals surface area contributed by atoms with Crippen molar-refractivity contribution in [1.29, 1.82) is 0 Å². The lowest BCUT2D eigenvalue weighted by Gasteiger charge is -2.31. The minimum Gasteiger partial charge on any atom is -0.790 e. The third-order valence-corrected chi connectivity index (χ3v) is 2.54. The van der Waals surface area contributed by atoms with Crippen LogP contribution in [0.15, 0.2) is 0 Å². The average molecular weight is 248 g/mol. The second-order valence-corrected chi connectivity index (χ2v) is 5.07. The Labute approximate surface area is 95.9 Å². The Balaban J connectivity index is 2.46. The lowest BCUT2D eigenvalue weighted by atomic mass is 9.96. The molecule has 0 aromatic rings. The molecule has 0 saturated carbocycles. The second kappa shape index (κ2) is 5.62. The predicted octanol–water partition coefficient (Wildman–Crippen LogP) is -1.09. The summed E-state index contributed by atoms with van der Waals surface area (Å²) in [7, 11) is 0.572. The first-order valence-electron chi connectivity index (χ1n) is 5.01. The maximum Gasteiger partial charge on any atom is 0.109 e. The van der Waals surface area contributed by atoms with Crippen LogP contribution in [0.2, 0.25) is 0 Å². The van der Waals surface area contributed by atoms with Crippen molar-refractivity contribution in [2.45, 2.75) is 44.6 Å². The Bertz CT molecular complexity index is 267. The summed E-state index contributed by atoms with van der Waals surface area (Å²) in [5.41, 5.74) is 0. The van der Waals surface area contributed by atoms with Gasteiger partial charge in [-0.15, -0.1) is 0 Å². The van der Waals surface area contributed by atoms with Crippen molar-refractivity contribution >= 4 is 15.7 Å². The van der Waals surface area contributed by atoms with Gasteiger partial charge in [0.1, 0.15) is 14.0 Å². The van der Waals surface area contributed by atoms with Gasteiger partial charge >= 0.3 is 0 Å². The van der Waals surface area contributed by atoms with E-state index in [-0.39, 0.29) is 18.8 Å². The summed E-state index contributed by atoms with van der Waals surface area (Å²) >= 11 is 0. The Morgan fingerprint density at radius 3 is 2.69 bits per heavy atom. The van der Waals surface area contributed by atoms with Crippen molar-refractivity contribution < 1.29 is 28.3 Å². The molecule has 16 heavy (non-hydrogen) atoms. The van der Waals surface area contributed by atoms with Crippen molar-refractivity contribution in [3.05, 3.63) is 0 Å². The van der Waals surface area contributed by atoms with Crippen LogP contribution < -0.4 is 9.79 Å². The molecular formula is C8H14BO6P-2. The van der Waals surface area contributed by atoms with Gasteiger partial charge in [-0.25, -0.2) is 0 Å². The van der Waals surface area contributed by atoms with E-state index < -0.39 is 19.9 Å². The molecule has 0 bridgehead atoms. The average Bonchev–Trinajstić information content (AvgIpc) is 2.40. The van der Waals surface area contributed by atoms with Crippen molar-refractivity contribution in [3.63, 3.8) is 0 Å². The van der Waals surface area contributed by atoms with Gasteiger partial charge in [0, 0.05) is 6.00 Å². The molecule has 0 aromatic heterocycles. The summed E-state index contributed by atoms with van der Waals surface area (Å²) in [4.78, 5) is 20.6. The first-order valence-corrected chi connectivity index (χ1v) is 6.47. The van der Waals surface area contributed by atoms with E-state index in [9.17, 15) is 14.4 Å². The van der Waals surface area contributed by atoms with Crippen LogP contribution in [0, 0.1) is 0 Å². The van der Waals surface area contributed by atoms with Gasteiger partial charge in [0.05, 0.1) is 26.6 Å². The van der Waals surface area contributed by atoms with E-state index in [0.29, 0.717) is 6.42 Å². The number of rotatable bonds is 5. The third-order valence-electron chi connectivity index (χ3n) is 2.07.